The molecule has 0 saturated heterocycles. The maximum Gasteiger partial charge on any atom is 0.216 e. The van der Waals surface area contributed by atoms with Crippen LogP contribution >= 0.6 is 11.3 Å². The van der Waals surface area contributed by atoms with Gasteiger partial charge in [0, 0.05) is 0 Å². The molecule has 1 aliphatic rings. The number of nitrogens with zero attached hydrogens (tertiary/aromatic N) is 1. The highest BCUT2D eigenvalue weighted by Gasteiger charge is 2.14. The summed E-state index contributed by atoms with van der Waals surface area (Å²) in [5.74, 6) is 0.861. The Morgan fingerprint density at radius 1 is 0.958 bits per heavy atom. The van der Waals surface area contributed by atoms with E-state index in [2.05, 4.69) is 35.3 Å². The van der Waals surface area contributed by atoms with Crippen LogP contribution in [0.1, 0.15) is 43.6 Å². The van der Waals surface area contributed by atoms with Gasteiger partial charge >= 0.3 is 0 Å². The molecular formula is C19H21NO2S2. The van der Waals surface area contributed by atoms with E-state index >= 15 is 0 Å². The molecule has 4 rings (SSSR count). The Kier molecular flexibility index (Phi) is 6.12. The molecule has 1 fully saturated rings. The molecule has 1 heterocycles. The third-order valence-corrected chi connectivity index (χ3v) is 6.20. The van der Waals surface area contributed by atoms with Crippen molar-refractivity contribution < 1.29 is 8.76 Å². The van der Waals surface area contributed by atoms with Crippen LogP contribution in [0.3, 0.4) is 0 Å². The van der Waals surface area contributed by atoms with E-state index in [4.69, 9.17) is 4.55 Å². The highest BCUT2D eigenvalue weighted by atomic mass is 32.2. The molecule has 0 aliphatic heterocycles. The summed E-state index contributed by atoms with van der Waals surface area (Å²) in [4.78, 5) is 3.98. The quantitative estimate of drug-likeness (QED) is 0.605. The fourth-order valence-electron chi connectivity index (χ4n) is 3.09. The van der Waals surface area contributed by atoms with Gasteiger partial charge in [0.1, 0.15) is 0 Å². The van der Waals surface area contributed by atoms with Crippen LogP contribution in [0.15, 0.2) is 58.9 Å². The van der Waals surface area contributed by atoms with E-state index in [1.54, 1.807) is 5.56 Å². The zero-order valence-electron chi connectivity index (χ0n) is 13.4. The van der Waals surface area contributed by atoms with E-state index in [1.165, 1.54) is 43.4 Å². The summed E-state index contributed by atoms with van der Waals surface area (Å²) in [5.41, 5.74) is 2.33. The minimum absolute atomic E-state index is 0.260. The van der Waals surface area contributed by atoms with Gasteiger partial charge in [0.2, 0.25) is 15.4 Å². The molecule has 0 amide bonds. The van der Waals surface area contributed by atoms with Crippen LogP contribution in [0.2, 0.25) is 0 Å². The van der Waals surface area contributed by atoms with Gasteiger partial charge in [0.05, 0.1) is 10.2 Å². The lowest BCUT2D eigenvalue weighted by molar-refractivity contribution is 0.443. The van der Waals surface area contributed by atoms with Crippen molar-refractivity contribution in [1.29, 1.82) is 0 Å². The maximum atomic E-state index is 10.6. The Hall–Kier alpha value is -1.56. The van der Waals surface area contributed by atoms with Crippen LogP contribution in [0.25, 0.3) is 10.2 Å². The van der Waals surface area contributed by atoms with Gasteiger partial charge in [-0.25, -0.2) is 9.19 Å². The molecule has 24 heavy (non-hydrogen) atoms. The Balaban J connectivity index is 0.000000141. The van der Waals surface area contributed by atoms with Crippen molar-refractivity contribution in [2.45, 2.75) is 42.4 Å². The van der Waals surface area contributed by atoms with E-state index in [9.17, 15) is 4.21 Å². The van der Waals surface area contributed by atoms with E-state index in [0.29, 0.717) is 0 Å². The third-order valence-electron chi connectivity index (χ3n) is 4.30. The number of hydrogen-bond donors (Lipinski definition) is 1. The summed E-state index contributed by atoms with van der Waals surface area (Å²) in [6.07, 6.45) is 7.12. The normalized spacial score (nSPS) is 16.4. The Morgan fingerprint density at radius 2 is 1.62 bits per heavy atom. The van der Waals surface area contributed by atoms with Gasteiger partial charge in [0.15, 0.2) is 0 Å². The molecule has 1 aliphatic carbocycles. The lowest BCUT2D eigenvalue weighted by Crippen LogP contribution is -2.03. The van der Waals surface area contributed by atoms with Gasteiger partial charge in [-0.1, -0.05) is 61.7 Å². The summed E-state index contributed by atoms with van der Waals surface area (Å²) < 4.78 is 20.6. The average Bonchev–Trinajstić information content (AvgIpc) is 3.08. The zero-order chi connectivity index (χ0) is 16.8. The minimum atomic E-state index is -1.95. The highest BCUT2D eigenvalue weighted by molar-refractivity contribution is 7.81. The first-order valence-electron chi connectivity index (χ1n) is 8.25. The largest absolute Gasteiger partial charge is 0.300 e. The molecule has 126 valence electrons. The van der Waals surface area contributed by atoms with Gasteiger partial charge in [-0.2, -0.15) is 0 Å². The molecule has 2 aromatic carbocycles. The van der Waals surface area contributed by atoms with Crippen LogP contribution in [0, 0.1) is 0 Å². The van der Waals surface area contributed by atoms with Crippen LogP contribution in [0.5, 0.6) is 0 Å². The smallest absolute Gasteiger partial charge is 0.216 e. The van der Waals surface area contributed by atoms with Gasteiger partial charge < -0.3 is 4.55 Å². The van der Waals surface area contributed by atoms with Gasteiger partial charge in [-0.05, 0) is 36.5 Å². The molecule has 1 N–H and O–H groups in total. The molecule has 0 bridgehead atoms. The number of para-hydroxylation sites is 1. The summed E-state index contributed by atoms with van der Waals surface area (Å²) in [6, 6.07) is 18.4. The number of fused-ring (bicyclic) bond motifs is 1. The number of rotatable bonds is 2. The highest BCUT2D eigenvalue weighted by Crippen LogP contribution is 2.32. The zero-order valence-corrected chi connectivity index (χ0v) is 15.1. The number of benzene rings is 2. The summed E-state index contributed by atoms with van der Waals surface area (Å²) in [7, 11) is 0. The van der Waals surface area contributed by atoms with Crippen molar-refractivity contribution in [1.82, 2.24) is 4.98 Å². The Morgan fingerprint density at radius 3 is 2.29 bits per heavy atom. The second-order valence-corrected chi connectivity index (χ2v) is 8.12. The fraction of sp³-hybridized carbons (Fsp3) is 0.316. The van der Waals surface area contributed by atoms with Crippen LogP contribution in [-0.4, -0.2) is 13.7 Å². The predicted molar refractivity (Wildman–Crippen MR) is 101 cm³/mol. The van der Waals surface area contributed by atoms with Gasteiger partial charge in [-0.3, -0.25) is 0 Å². The predicted octanol–water partition coefficient (Wildman–Crippen LogP) is 5.61. The summed E-state index contributed by atoms with van der Waals surface area (Å²) in [5, 5.41) is 0. The van der Waals surface area contributed by atoms with Crippen LogP contribution in [0.4, 0.5) is 0 Å². The lowest BCUT2D eigenvalue weighted by atomic mass is 9.84. The van der Waals surface area contributed by atoms with Gasteiger partial charge in [0.25, 0.3) is 0 Å². The van der Waals surface area contributed by atoms with Crippen molar-refractivity contribution >= 4 is 32.6 Å². The van der Waals surface area contributed by atoms with E-state index in [0.717, 1.165) is 16.1 Å². The average molecular weight is 360 g/mol. The van der Waals surface area contributed by atoms with E-state index in [-0.39, 0.29) is 4.34 Å². The first-order valence-corrected chi connectivity index (χ1v) is 10.2. The third kappa shape index (κ3) is 4.50. The van der Waals surface area contributed by atoms with Crippen molar-refractivity contribution in [2.24, 2.45) is 0 Å². The maximum absolute atomic E-state index is 10.6. The Bertz CT molecular complexity index is 762. The fourth-order valence-corrected chi connectivity index (χ4v) is 4.51. The van der Waals surface area contributed by atoms with Crippen molar-refractivity contribution in [3.63, 3.8) is 0 Å². The molecule has 1 saturated carbocycles. The molecule has 0 spiro atoms. The molecular weight excluding hydrogens is 338 g/mol. The first kappa shape index (κ1) is 17.3. The summed E-state index contributed by atoms with van der Waals surface area (Å²) >= 11 is -0.710. The number of hydrogen-bond acceptors (Lipinski definition) is 3. The molecule has 5 heteroatoms. The van der Waals surface area contributed by atoms with Crippen molar-refractivity contribution in [3.8, 4) is 0 Å². The van der Waals surface area contributed by atoms with Gasteiger partial charge in [-0.15, -0.1) is 11.3 Å². The number of aromatic nitrogens is 1. The second kappa shape index (κ2) is 8.51. The molecule has 0 radical (unpaired) electrons. The molecule has 1 aromatic heterocycles. The molecule has 3 aromatic rings. The standard InChI is InChI=1S/C12H16.C7H5NO2S2/c1-3-7-11(8-4-1)12-9-5-2-6-10-12;9-12(10)7-8-5-3-1-2-4-6(5)11-7/h1,3-4,7-8,12H,2,5-6,9-10H2;1-4H,(H,9,10). The van der Waals surface area contributed by atoms with Crippen LogP contribution in [-0.2, 0) is 11.1 Å². The molecule has 3 nitrogen and oxygen atoms in total. The van der Waals surface area contributed by atoms with Crippen molar-refractivity contribution in [3.05, 3.63) is 60.2 Å². The van der Waals surface area contributed by atoms with E-state index < -0.39 is 11.1 Å². The SMILES string of the molecule is O=S(O)c1nc2ccccc2s1.c1ccc(C2CCCCC2)cc1. The summed E-state index contributed by atoms with van der Waals surface area (Å²) in [6.45, 7) is 0. The lowest BCUT2D eigenvalue weighted by Gasteiger charge is -2.21. The van der Waals surface area contributed by atoms with Crippen molar-refractivity contribution in [2.75, 3.05) is 0 Å². The van der Waals surface area contributed by atoms with Crippen LogP contribution < -0.4 is 0 Å². The number of thiazole rings is 1. The molecule has 1 atom stereocenters. The first-order chi connectivity index (χ1) is 11.7. The minimum Gasteiger partial charge on any atom is -0.300 e. The Labute approximate surface area is 149 Å². The second-order valence-electron chi connectivity index (χ2n) is 5.94. The topological polar surface area (TPSA) is 50.2 Å². The van der Waals surface area contributed by atoms with E-state index in [1.807, 2.05) is 24.3 Å². The molecule has 1 unspecified atom stereocenters. The monoisotopic (exact) mass is 359 g/mol.